The van der Waals surface area contributed by atoms with Crippen molar-refractivity contribution >= 4 is 34.1 Å². The number of non-ortho nitro benzene ring substituents is 1. The normalized spacial score (nSPS) is 16.0. The molecule has 0 atom stereocenters. The number of aromatic nitrogens is 1. The molecule has 5 nitrogen and oxygen atoms in total. The molecule has 0 fully saturated rings. The highest BCUT2D eigenvalue weighted by Crippen LogP contribution is 2.38. The largest absolute Gasteiger partial charge is 0.343 e. The highest BCUT2D eigenvalue weighted by molar-refractivity contribution is 14.1. The summed E-state index contributed by atoms with van der Waals surface area (Å²) in [6.45, 7) is 5.08. The summed E-state index contributed by atoms with van der Waals surface area (Å²) in [5.41, 5.74) is 3.84. The summed E-state index contributed by atoms with van der Waals surface area (Å²) in [4.78, 5) is 23.0. The van der Waals surface area contributed by atoms with E-state index in [0.29, 0.717) is 6.42 Å². The topological polar surface area (TPSA) is 65.1 Å². The summed E-state index contributed by atoms with van der Waals surface area (Å²) in [5, 5.41) is 10.8. The number of alkyl halides is 1. The Morgan fingerprint density at radius 1 is 1.25 bits per heavy atom. The fourth-order valence-electron chi connectivity index (χ4n) is 3.40. The third-order valence-electron chi connectivity index (χ3n) is 4.48. The second kappa shape index (κ2) is 6.31. The maximum absolute atomic E-state index is 12.5. The van der Waals surface area contributed by atoms with Crippen LogP contribution in [-0.2, 0) is 13.0 Å². The van der Waals surface area contributed by atoms with E-state index in [-0.39, 0.29) is 16.9 Å². The molecule has 126 valence electrons. The van der Waals surface area contributed by atoms with Crippen LogP contribution in [0.5, 0.6) is 0 Å². The molecule has 0 aliphatic heterocycles. The fraction of sp³-hybridized carbons (Fsp3) is 0.389. The molecule has 0 saturated carbocycles. The number of Topliss-reactive ketones (excluding diaryl/α,β-unsaturated/α-hetero) is 1. The van der Waals surface area contributed by atoms with Gasteiger partial charge in [0.25, 0.3) is 5.69 Å². The Kier molecular flexibility index (Phi) is 4.50. The second-order valence-electron chi connectivity index (χ2n) is 6.98. The van der Waals surface area contributed by atoms with Crippen molar-refractivity contribution in [3.63, 3.8) is 0 Å². The number of rotatable bonds is 4. The number of ketones is 1. The van der Waals surface area contributed by atoms with E-state index in [9.17, 15) is 14.9 Å². The summed E-state index contributed by atoms with van der Waals surface area (Å²) < 4.78 is 3.15. The zero-order valence-electron chi connectivity index (χ0n) is 13.7. The Morgan fingerprint density at radius 3 is 2.50 bits per heavy atom. The molecule has 0 N–H and O–H groups in total. The van der Waals surface area contributed by atoms with Crippen LogP contribution in [0.15, 0.2) is 30.3 Å². The van der Waals surface area contributed by atoms with E-state index in [2.05, 4.69) is 41.0 Å². The minimum absolute atomic E-state index is 0.0296. The van der Waals surface area contributed by atoms with E-state index in [0.717, 1.165) is 39.9 Å². The standard InChI is InChI=1S/C18H19IN2O3/c1-18(2)10-16-14(17(22)11-18)9-15(20(16)8-7-19)12-3-5-13(6-4-12)21(23)24/h3-6,9H,7-8,10-11H2,1-2H3. The SMILES string of the molecule is CC1(C)CC(=O)c2cc(-c3ccc([N+](=O)[O-])cc3)n(CCI)c2C1. The zero-order valence-corrected chi connectivity index (χ0v) is 15.9. The molecule has 0 bridgehead atoms. The van der Waals surface area contributed by atoms with E-state index in [1.807, 2.05) is 6.07 Å². The number of nitro groups is 1. The molecule has 2 aromatic rings. The lowest BCUT2D eigenvalue weighted by Crippen LogP contribution is -2.28. The summed E-state index contributed by atoms with van der Waals surface area (Å²) >= 11 is 2.33. The van der Waals surface area contributed by atoms with E-state index >= 15 is 0 Å². The van der Waals surface area contributed by atoms with Crippen LogP contribution < -0.4 is 0 Å². The van der Waals surface area contributed by atoms with E-state index < -0.39 is 4.92 Å². The van der Waals surface area contributed by atoms with Gasteiger partial charge >= 0.3 is 0 Å². The van der Waals surface area contributed by atoms with Gasteiger partial charge in [0, 0.05) is 46.5 Å². The van der Waals surface area contributed by atoms with Crippen molar-refractivity contribution in [2.45, 2.75) is 33.2 Å². The predicted octanol–water partition coefficient (Wildman–Crippen LogP) is 4.65. The van der Waals surface area contributed by atoms with Crippen molar-refractivity contribution in [3.05, 3.63) is 51.7 Å². The van der Waals surface area contributed by atoms with Crippen LogP contribution in [0.25, 0.3) is 11.3 Å². The second-order valence-corrected chi connectivity index (χ2v) is 8.05. The molecule has 1 aliphatic rings. The molecule has 0 unspecified atom stereocenters. The summed E-state index contributed by atoms with van der Waals surface area (Å²) in [6, 6.07) is 8.51. The molecule has 3 rings (SSSR count). The average Bonchev–Trinajstić information content (AvgIpc) is 2.86. The Labute approximate surface area is 154 Å². The minimum Gasteiger partial charge on any atom is -0.343 e. The third-order valence-corrected chi connectivity index (χ3v) is 4.96. The molecule has 1 heterocycles. The van der Waals surface area contributed by atoms with Crippen molar-refractivity contribution < 1.29 is 9.72 Å². The molecule has 0 saturated heterocycles. The van der Waals surface area contributed by atoms with Gasteiger partial charge in [0.2, 0.25) is 0 Å². The van der Waals surface area contributed by atoms with Gasteiger partial charge in [0.05, 0.1) is 4.92 Å². The third kappa shape index (κ3) is 3.11. The summed E-state index contributed by atoms with van der Waals surface area (Å²) in [5.74, 6) is 0.191. The smallest absolute Gasteiger partial charge is 0.269 e. The van der Waals surface area contributed by atoms with Crippen LogP contribution >= 0.6 is 22.6 Å². The van der Waals surface area contributed by atoms with Crippen LogP contribution in [0, 0.1) is 15.5 Å². The van der Waals surface area contributed by atoms with E-state index in [1.165, 1.54) is 12.1 Å². The first-order chi connectivity index (χ1) is 11.3. The Morgan fingerprint density at radius 2 is 1.92 bits per heavy atom. The van der Waals surface area contributed by atoms with Gasteiger partial charge in [-0.1, -0.05) is 36.4 Å². The summed E-state index contributed by atoms with van der Waals surface area (Å²) in [7, 11) is 0. The molecule has 0 radical (unpaired) electrons. The number of halogens is 1. The quantitative estimate of drug-likeness (QED) is 0.302. The summed E-state index contributed by atoms with van der Waals surface area (Å²) in [6.07, 6.45) is 1.44. The molecule has 0 spiro atoms. The first-order valence-electron chi connectivity index (χ1n) is 7.89. The van der Waals surface area contributed by atoms with Crippen molar-refractivity contribution in [2.24, 2.45) is 5.41 Å². The number of carbonyl (C=O) groups excluding carboxylic acids is 1. The Bertz CT molecular complexity index is 806. The predicted molar refractivity (Wildman–Crippen MR) is 102 cm³/mol. The maximum atomic E-state index is 12.5. The van der Waals surface area contributed by atoms with Crippen LogP contribution in [0.1, 0.15) is 36.3 Å². The van der Waals surface area contributed by atoms with Gasteiger partial charge in [-0.25, -0.2) is 0 Å². The fourth-order valence-corrected chi connectivity index (χ4v) is 3.88. The lowest BCUT2D eigenvalue weighted by atomic mass is 9.76. The first kappa shape index (κ1) is 17.1. The van der Waals surface area contributed by atoms with Crippen molar-refractivity contribution in [3.8, 4) is 11.3 Å². The number of nitrogens with zero attached hydrogens (tertiary/aromatic N) is 2. The minimum atomic E-state index is -0.398. The Balaban J connectivity index is 2.11. The van der Waals surface area contributed by atoms with Crippen LogP contribution in [-0.4, -0.2) is 19.7 Å². The zero-order chi connectivity index (χ0) is 17.5. The number of benzene rings is 1. The molecule has 0 amide bonds. The first-order valence-corrected chi connectivity index (χ1v) is 9.41. The van der Waals surface area contributed by atoms with Crippen LogP contribution in [0.3, 0.4) is 0 Å². The van der Waals surface area contributed by atoms with Crippen molar-refractivity contribution in [2.75, 3.05) is 4.43 Å². The molecule has 24 heavy (non-hydrogen) atoms. The number of nitro benzene ring substituents is 1. The monoisotopic (exact) mass is 438 g/mol. The van der Waals surface area contributed by atoms with Gasteiger partial charge in [0.15, 0.2) is 5.78 Å². The molecule has 1 aromatic heterocycles. The van der Waals surface area contributed by atoms with Crippen molar-refractivity contribution in [1.82, 2.24) is 4.57 Å². The van der Waals surface area contributed by atoms with E-state index in [4.69, 9.17) is 0 Å². The Hall–Kier alpha value is -1.70. The number of hydrogen-bond acceptors (Lipinski definition) is 3. The lowest BCUT2D eigenvalue weighted by molar-refractivity contribution is -0.384. The number of hydrogen-bond donors (Lipinski definition) is 0. The number of fused-ring (bicyclic) bond motifs is 1. The van der Waals surface area contributed by atoms with Gasteiger partial charge in [0.1, 0.15) is 0 Å². The lowest BCUT2D eigenvalue weighted by Gasteiger charge is -2.29. The van der Waals surface area contributed by atoms with Gasteiger partial charge in [-0.05, 0) is 35.6 Å². The van der Waals surface area contributed by atoms with Crippen molar-refractivity contribution in [1.29, 1.82) is 0 Å². The van der Waals surface area contributed by atoms with E-state index in [1.54, 1.807) is 12.1 Å². The maximum Gasteiger partial charge on any atom is 0.269 e. The average molecular weight is 438 g/mol. The molecular weight excluding hydrogens is 419 g/mol. The van der Waals surface area contributed by atoms with Gasteiger partial charge < -0.3 is 4.57 Å². The van der Waals surface area contributed by atoms with Gasteiger partial charge in [-0.3, -0.25) is 14.9 Å². The van der Waals surface area contributed by atoms with Gasteiger partial charge in [-0.15, -0.1) is 0 Å². The molecule has 6 heteroatoms. The molecule has 1 aliphatic carbocycles. The van der Waals surface area contributed by atoms with Crippen LogP contribution in [0.4, 0.5) is 5.69 Å². The van der Waals surface area contributed by atoms with Gasteiger partial charge in [-0.2, -0.15) is 0 Å². The number of carbonyl (C=O) groups is 1. The van der Waals surface area contributed by atoms with Crippen LogP contribution in [0.2, 0.25) is 0 Å². The molecular formula is C18H19IN2O3. The highest BCUT2D eigenvalue weighted by Gasteiger charge is 2.34. The molecule has 1 aromatic carbocycles. The highest BCUT2D eigenvalue weighted by atomic mass is 127.